The molecule has 0 saturated heterocycles. The number of hydrogen-bond acceptors (Lipinski definition) is 3. The first kappa shape index (κ1) is 12.2. The molecular formula is C13H15BrN2O. The van der Waals surface area contributed by atoms with Gasteiger partial charge in [0, 0.05) is 16.5 Å². The lowest BCUT2D eigenvalue weighted by atomic mass is 10.0. The van der Waals surface area contributed by atoms with Crippen molar-refractivity contribution in [1.82, 2.24) is 5.16 Å². The van der Waals surface area contributed by atoms with Gasteiger partial charge in [-0.2, -0.15) is 0 Å². The average molecular weight is 295 g/mol. The van der Waals surface area contributed by atoms with Crippen LogP contribution in [-0.2, 0) is 6.42 Å². The highest BCUT2D eigenvalue weighted by Gasteiger charge is 2.17. The molecule has 0 spiro atoms. The molecule has 1 aromatic carbocycles. The number of rotatable bonds is 4. The van der Waals surface area contributed by atoms with Crippen LogP contribution < -0.4 is 5.73 Å². The molecular weight excluding hydrogens is 280 g/mol. The second-order valence-corrected chi connectivity index (χ2v) is 4.80. The van der Waals surface area contributed by atoms with Crippen LogP contribution >= 0.6 is 15.9 Å². The zero-order chi connectivity index (χ0) is 12.3. The van der Waals surface area contributed by atoms with Crippen molar-refractivity contribution in [3.8, 4) is 11.1 Å². The van der Waals surface area contributed by atoms with Crippen LogP contribution in [0, 0.1) is 0 Å². The molecule has 4 heteroatoms. The molecule has 0 aliphatic carbocycles. The van der Waals surface area contributed by atoms with E-state index in [0.29, 0.717) is 5.82 Å². The monoisotopic (exact) mass is 294 g/mol. The van der Waals surface area contributed by atoms with Gasteiger partial charge >= 0.3 is 0 Å². The first-order valence-corrected chi connectivity index (χ1v) is 6.52. The van der Waals surface area contributed by atoms with Crippen LogP contribution in [0.1, 0.15) is 25.5 Å². The summed E-state index contributed by atoms with van der Waals surface area (Å²) in [4.78, 5) is 0. The maximum atomic E-state index is 5.89. The van der Waals surface area contributed by atoms with Crippen LogP contribution in [0.25, 0.3) is 11.1 Å². The van der Waals surface area contributed by atoms with Gasteiger partial charge in [0.15, 0.2) is 5.82 Å². The summed E-state index contributed by atoms with van der Waals surface area (Å²) in [5, 5.41) is 3.87. The fourth-order valence-electron chi connectivity index (χ4n) is 1.80. The summed E-state index contributed by atoms with van der Waals surface area (Å²) >= 11 is 3.53. The van der Waals surface area contributed by atoms with Crippen molar-refractivity contribution in [2.75, 3.05) is 5.73 Å². The molecule has 90 valence electrons. The summed E-state index contributed by atoms with van der Waals surface area (Å²) in [7, 11) is 0. The molecule has 0 amide bonds. The highest BCUT2D eigenvalue weighted by atomic mass is 79.9. The summed E-state index contributed by atoms with van der Waals surface area (Å²) in [6, 6.07) is 7.97. The third kappa shape index (κ3) is 2.52. The topological polar surface area (TPSA) is 52.0 Å². The van der Waals surface area contributed by atoms with E-state index in [1.165, 1.54) is 0 Å². The maximum absolute atomic E-state index is 5.89. The van der Waals surface area contributed by atoms with Crippen molar-refractivity contribution < 1.29 is 4.52 Å². The third-order valence-corrected chi connectivity index (χ3v) is 3.38. The Labute approximate surface area is 109 Å². The van der Waals surface area contributed by atoms with Gasteiger partial charge in [0.25, 0.3) is 0 Å². The van der Waals surface area contributed by atoms with Gasteiger partial charge in [0.1, 0.15) is 5.76 Å². The van der Waals surface area contributed by atoms with E-state index in [9.17, 15) is 0 Å². The van der Waals surface area contributed by atoms with E-state index in [0.717, 1.165) is 40.6 Å². The SMILES string of the molecule is CCCCc1onc(N)c1-c1ccccc1Br. The van der Waals surface area contributed by atoms with Crippen molar-refractivity contribution in [2.24, 2.45) is 0 Å². The highest BCUT2D eigenvalue weighted by molar-refractivity contribution is 9.10. The number of hydrogen-bond donors (Lipinski definition) is 1. The van der Waals surface area contributed by atoms with Crippen LogP contribution in [0.15, 0.2) is 33.3 Å². The van der Waals surface area contributed by atoms with Crippen LogP contribution in [0.2, 0.25) is 0 Å². The lowest BCUT2D eigenvalue weighted by Crippen LogP contribution is -1.91. The Bertz CT molecular complexity index is 508. The molecule has 1 heterocycles. The fraction of sp³-hybridized carbons (Fsp3) is 0.308. The fourth-order valence-corrected chi connectivity index (χ4v) is 2.28. The van der Waals surface area contributed by atoms with E-state index in [2.05, 4.69) is 28.0 Å². The molecule has 0 saturated carbocycles. The van der Waals surface area contributed by atoms with Crippen molar-refractivity contribution in [3.63, 3.8) is 0 Å². The van der Waals surface area contributed by atoms with Gasteiger partial charge in [-0.1, -0.05) is 52.6 Å². The van der Waals surface area contributed by atoms with Gasteiger partial charge in [-0.25, -0.2) is 0 Å². The zero-order valence-electron chi connectivity index (χ0n) is 9.74. The van der Waals surface area contributed by atoms with Crippen molar-refractivity contribution >= 4 is 21.7 Å². The summed E-state index contributed by atoms with van der Waals surface area (Å²) in [5.74, 6) is 1.33. The number of aryl methyl sites for hydroxylation is 1. The Morgan fingerprint density at radius 2 is 2.12 bits per heavy atom. The standard InChI is InChI=1S/C13H15BrN2O/c1-2-3-8-11-12(13(15)16-17-11)9-6-4-5-7-10(9)14/h4-7H,2-3,8H2,1H3,(H2,15,16). The molecule has 2 aromatic rings. The second kappa shape index (κ2) is 5.36. The third-order valence-electron chi connectivity index (χ3n) is 2.69. The Morgan fingerprint density at radius 1 is 1.35 bits per heavy atom. The molecule has 2 rings (SSSR count). The van der Waals surface area contributed by atoms with E-state index in [1.807, 2.05) is 24.3 Å². The number of unbranched alkanes of at least 4 members (excludes halogenated alkanes) is 1. The molecule has 17 heavy (non-hydrogen) atoms. The summed E-state index contributed by atoms with van der Waals surface area (Å²) in [6.45, 7) is 2.15. The zero-order valence-corrected chi connectivity index (χ0v) is 11.3. The number of halogens is 1. The molecule has 0 aliphatic rings. The molecule has 0 unspecified atom stereocenters. The van der Waals surface area contributed by atoms with Crippen molar-refractivity contribution in [3.05, 3.63) is 34.5 Å². The first-order chi connectivity index (χ1) is 8.24. The lowest BCUT2D eigenvalue weighted by Gasteiger charge is -2.04. The Balaban J connectivity index is 2.44. The largest absolute Gasteiger partial charge is 0.380 e. The number of nitrogens with zero attached hydrogens (tertiary/aromatic N) is 1. The van der Waals surface area contributed by atoms with Gasteiger partial charge in [0.2, 0.25) is 0 Å². The van der Waals surface area contributed by atoms with Crippen LogP contribution in [0.5, 0.6) is 0 Å². The van der Waals surface area contributed by atoms with E-state index in [1.54, 1.807) is 0 Å². The summed E-state index contributed by atoms with van der Waals surface area (Å²) < 4.78 is 6.32. The Hall–Kier alpha value is -1.29. The quantitative estimate of drug-likeness (QED) is 0.926. The van der Waals surface area contributed by atoms with Crippen molar-refractivity contribution in [1.29, 1.82) is 0 Å². The van der Waals surface area contributed by atoms with Crippen LogP contribution in [0.4, 0.5) is 5.82 Å². The predicted molar refractivity (Wildman–Crippen MR) is 72.7 cm³/mol. The second-order valence-electron chi connectivity index (χ2n) is 3.95. The summed E-state index contributed by atoms with van der Waals surface area (Å²) in [6.07, 6.45) is 3.07. The van der Waals surface area contributed by atoms with Gasteiger partial charge in [0.05, 0.1) is 5.56 Å². The summed E-state index contributed by atoms with van der Waals surface area (Å²) in [5.41, 5.74) is 7.85. The van der Waals surface area contributed by atoms with Crippen LogP contribution in [0.3, 0.4) is 0 Å². The predicted octanol–water partition coefficient (Wildman–Crippen LogP) is 4.03. The first-order valence-electron chi connectivity index (χ1n) is 5.73. The van der Waals surface area contributed by atoms with Gasteiger partial charge in [-0.3, -0.25) is 0 Å². The molecule has 0 radical (unpaired) electrons. The van der Waals surface area contributed by atoms with E-state index >= 15 is 0 Å². The minimum absolute atomic E-state index is 0.461. The van der Waals surface area contributed by atoms with E-state index in [-0.39, 0.29) is 0 Å². The van der Waals surface area contributed by atoms with E-state index in [4.69, 9.17) is 10.3 Å². The molecule has 2 N–H and O–H groups in total. The van der Waals surface area contributed by atoms with Gasteiger partial charge in [-0.15, -0.1) is 0 Å². The number of benzene rings is 1. The van der Waals surface area contributed by atoms with Gasteiger partial charge in [-0.05, 0) is 12.5 Å². The van der Waals surface area contributed by atoms with Crippen LogP contribution in [-0.4, -0.2) is 5.16 Å². The van der Waals surface area contributed by atoms with Gasteiger partial charge < -0.3 is 10.3 Å². The number of aromatic nitrogens is 1. The molecule has 1 aromatic heterocycles. The molecule has 0 bridgehead atoms. The normalized spacial score (nSPS) is 10.7. The maximum Gasteiger partial charge on any atom is 0.175 e. The Morgan fingerprint density at radius 3 is 2.82 bits per heavy atom. The molecule has 0 atom stereocenters. The minimum Gasteiger partial charge on any atom is -0.380 e. The van der Waals surface area contributed by atoms with Crippen molar-refractivity contribution in [2.45, 2.75) is 26.2 Å². The average Bonchev–Trinajstić information content (AvgIpc) is 2.69. The highest BCUT2D eigenvalue weighted by Crippen LogP contribution is 2.35. The number of anilines is 1. The molecule has 0 fully saturated rings. The number of nitrogen functional groups attached to an aromatic ring is 1. The molecule has 0 aliphatic heterocycles. The smallest absolute Gasteiger partial charge is 0.175 e. The number of nitrogens with two attached hydrogens (primary N) is 1. The van der Waals surface area contributed by atoms with E-state index < -0.39 is 0 Å². The Kier molecular flexibility index (Phi) is 3.84. The molecule has 3 nitrogen and oxygen atoms in total. The lowest BCUT2D eigenvalue weighted by molar-refractivity contribution is 0.383. The minimum atomic E-state index is 0.461.